The Balaban J connectivity index is 1.89. The minimum Gasteiger partial charge on any atom is -0.370 e. The number of amides is 2. The first-order chi connectivity index (χ1) is 11.0. The van der Waals surface area contributed by atoms with E-state index in [9.17, 15) is 9.59 Å². The van der Waals surface area contributed by atoms with Crippen LogP contribution in [0.15, 0.2) is 54.6 Å². The third-order valence-corrected chi connectivity index (χ3v) is 3.51. The van der Waals surface area contributed by atoms with Crippen molar-refractivity contribution >= 4 is 17.5 Å². The van der Waals surface area contributed by atoms with Crippen molar-refractivity contribution in [3.63, 3.8) is 0 Å². The summed E-state index contributed by atoms with van der Waals surface area (Å²) < 4.78 is 0. The van der Waals surface area contributed by atoms with Crippen molar-refractivity contribution in [3.05, 3.63) is 65.7 Å². The van der Waals surface area contributed by atoms with Crippen LogP contribution >= 0.6 is 0 Å². The minimum atomic E-state index is -0.744. The van der Waals surface area contributed by atoms with Gasteiger partial charge in [0.25, 0.3) is 0 Å². The molecule has 5 N–H and O–H groups in total. The standard InChI is InChI=1S/C18H21N3O2/c19-16(10-11-17(20)22)18(23)21-15-8-6-14(7-9-15)12-13-4-2-1-3-5-13/h1-9,16H,10-12,19H2,(H2,20,22)(H,21,23). The second-order valence-electron chi connectivity index (χ2n) is 5.46. The van der Waals surface area contributed by atoms with Crippen LogP contribution in [0, 0.1) is 0 Å². The summed E-state index contributed by atoms with van der Waals surface area (Å²) in [6.07, 6.45) is 1.19. The van der Waals surface area contributed by atoms with Gasteiger partial charge in [-0.15, -0.1) is 0 Å². The van der Waals surface area contributed by atoms with Crippen LogP contribution in [-0.2, 0) is 16.0 Å². The van der Waals surface area contributed by atoms with Crippen LogP contribution in [0.4, 0.5) is 5.69 Å². The number of carbonyl (C=O) groups excluding carboxylic acids is 2. The molecular formula is C18H21N3O2. The van der Waals surface area contributed by atoms with E-state index in [0.29, 0.717) is 5.69 Å². The van der Waals surface area contributed by atoms with Crippen molar-refractivity contribution in [2.75, 3.05) is 5.32 Å². The number of rotatable bonds is 7. The molecule has 5 nitrogen and oxygen atoms in total. The highest BCUT2D eigenvalue weighted by atomic mass is 16.2. The summed E-state index contributed by atoms with van der Waals surface area (Å²) in [7, 11) is 0. The molecule has 0 saturated carbocycles. The number of nitrogens with one attached hydrogen (secondary N) is 1. The highest BCUT2D eigenvalue weighted by molar-refractivity contribution is 5.94. The Bertz CT molecular complexity index is 654. The predicted octanol–water partition coefficient (Wildman–Crippen LogP) is 1.81. The lowest BCUT2D eigenvalue weighted by Crippen LogP contribution is -2.36. The molecule has 0 aromatic heterocycles. The Labute approximate surface area is 135 Å². The van der Waals surface area contributed by atoms with Gasteiger partial charge in [-0.25, -0.2) is 0 Å². The molecule has 0 aliphatic carbocycles. The lowest BCUT2D eigenvalue weighted by molar-refractivity contribution is -0.119. The summed E-state index contributed by atoms with van der Waals surface area (Å²) in [4.78, 5) is 22.6. The molecule has 0 aliphatic rings. The fourth-order valence-electron chi connectivity index (χ4n) is 2.20. The monoisotopic (exact) mass is 311 g/mol. The second-order valence-corrected chi connectivity index (χ2v) is 5.46. The number of hydrogen-bond donors (Lipinski definition) is 3. The van der Waals surface area contributed by atoms with Gasteiger partial charge in [0.05, 0.1) is 6.04 Å². The zero-order valence-electron chi connectivity index (χ0n) is 12.9. The smallest absolute Gasteiger partial charge is 0.241 e. The molecule has 1 unspecified atom stereocenters. The SMILES string of the molecule is NC(=O)CCC(N)C(=O)Nc1ccc(Cc2ccccc2)cc1. The summed E-state index contributed by atoms with van der Waals surface area (Å²) in [6.45, 7) is 0. The fraction of sp³-hybridized carbons (Fsp3) is 0.222. The van der Waals surface area contributed by atoms with Gasteiger partial charge in [0.2, 0.25) is 11.8 Å². The van der Waals surface area contributed by atoms with Crippen LogP contribution in [-0.4, -0.2) is 17.9 Å². The molecule has 0 heterocycles. The second kappa shape index (κ2) is 8.10. The number of primary amides is 1. The summed E-state index contributed by atoms with van der Waals surface area (Å²) in [5.74, 6) is -0.777. The molecule has 2 aromatic rings. The maximum absolute atomic E-state index is 11.9. The van der Waals surface area contributed by atoms with Crippen LogP contribution in [0.2, 0.25) is 0 Å². The average Bonchev–Trinajstić information content (AvgIpc) is 2.55. The lowest BCUT2D eigenvalue weighted by atomic mass is 10.0. The molecule has 23 heavy (non-hydrogen) atoms. The molecule has 0 radical (unpaired) electrons. The third kappa shape index (κ3) is 5.56. The first-order valence-electron chi connectivity index (χ1n) is 7.52. The van der Waals surface area contributed by atoms with E-state index in [0.717, 1.165) is 12.0 Å². The van der Waals surface area contributed by atoms with E-state index in [2.05, 4.69) is 17.4 Å². The number of anilines is 1. The highest BCUT2D eigenvalue weighted by Gasteiger charge is 2.14. The zero-order valence-corrected chi connectivity index (χ0v) is 12.9. The van der Waals surface area contributed by atoms with Crippen molar-refractivity contribution in [1.82, 2.24) is 0 Å². The maximum atomic E-state index is 11.9. The van der Waals surface area contributed by atoms with Crippen molar-refractivity contribution < 1.29 is 9.59 Å². The highest BCUT2D eigenvalue weighted by Crippen LogP contribution is 2.14. The van der Waals surface area contributed by atoms with E-state index < -0.39 is 11.9 Å². The molecule has 2 amide bonds. The fourth-order valence-corrected chi connectivity index (χ4v) is 2.20. The number of nitrogens with two attached hydrogens (primary N) is 2. The van der Waals surface area contributed by atoms with E-state index >= 15 is 0 Å². The molecule has 0 spiro atoms. The first-order valence-corrected chi connectivity index (χ1v) is 7.52. The van der Waals surface area contributed by atoms with Crippen LogP contribution in [0.25, 0.3) is 0 Å². The topological polar surface area (TPSA) is 98.2 Å². The maximum Gasteiger partial charge on any atom is 0.241 e. The van der Waals surface area contributed by atoms with Crippen LogP contribution < -0.4 is 16.8 Å². The zero-order chi connectivity index (χ0) is 16.7. The summed E-state index contributed by atoms with van der Waals surface area (Å²) in [5.41, 5.74) is 13.8. The average molecular weight is 311 g/mol. The van der Waals surface area contributed by atoms with Gasteiger partial charge in [-0.1, -0.05) is 42.5 Å². The first kappa shape index (κ1) is 16.7. The Morgan fingerprint density at radius 1 is 0.957 bits per heavy atom. The van der Waals surface area contributed by atoms with Gasteiger partial charge in [0.15, 0.2) is 0 Å². The van der Waals surface area contributed by atoms with E-state index in [1.165, 1.54) is 5.56 Å². The van der Waals surface area contributed by atoms with E-state index in [1.54, 1.807) is 0 Å². The normalized spacial score (nSPS) is 11.7. The van der Waals surface area contributed by atoms with Gasteiger partial charge in [0.1, 0.15) is 0 Å². The van der Waals surface area contributed by atoms with Gasteiger partial charge in [-0.3, -0.25) is 9.59 Å². The molecule has 0 bridgehead atoms. The quantitative estimate of drug-likeness (QED) is 0.727. The Morgan fingerprint density at radius 3 is 2.17 bits per heavy atom. The Hall–Kier alpha value is -2.66. The summed E-state index contributed by atoms with van der Waals surface area (Å²) >= 11 is 0. The van der Waals surface area contributed by atoms with Crippen LogP contribution in [0.1, 0.15) is 24.0 Å². The van der Waals surface area contributed by atoms with Crippen molar-refractivity contribution in [1.29, 1.82) is 0 Å². The molecule has 0 fully saturated rings. The van der Waals surface area contributed by atoms with E-state index in [4.69, 9.17) is 11.5 Å². The van der Waals surface area contributed by atoms with E-state index in [1.807, 2.05) is 42.5 Å². The van der Waals surface area contributed by atoms with Gasteiger partial charge in [0, 0.05) is 12.1 Å². The van der Waals surface area contributed by atoms with Crippen molar-refractivity contribution in [2.45, 2.75) is 25.3 Å². The van der Waals surface area contributed by atoms with Gasteiger partial charge >= 0.3 is 0 Å². The van der Waals surface area contributed by atoms with Crippen LogP contribution in [0.5, 0.6) is 0 Å². The molecule has 1 atom stereocenters. The van der Waals surface area contributed by atoms with Gasteiger partial charge in [-0.2, -0.15) is 0 Å². The number of hydrogen-bond acceptors (Lipinski definition) is 3. The third-order valence-electron chi connectivity index (χ3n) is 3.51. The van der Waals surface area contributed by atoms with Gasteiger partial charge in [-0.05, 0) is 36.1 Å². The van der Waals surface area contributed by atoms with Crippen LogP contribution in [0.3, 0.4) is 0 Å². The van der Waals surface area contributed by atoms with E-state index in [-0.39, 0.29) is 18.7 Å². The summed E-state index contributed by atoms with van der Waals surface area (Å²) in [6, 6.07) is 17.0. The Morgan fingerprint density at radius 2 is 1.57 bits per heavy atom. The lowest BCUT2D eigenvalue weighted by Gasteiger charge is -2.12. The number of carbonyl (C=O) groups is 2. The van der Waals surface area contributed by atoms with Crippen molar-refractivity contribution in [2.24, 2.45) is 11.5 Å². The van der Waals surface area contributed by atoms with Crippen molar-refractivity contribution in [3.8, 4) is 0 Å². The molecule has 0 aliphatic heterocycles. The molecule has 0 saturated heterocycles. The number of benzene rings is 2. The largest absolute Gasteiger partial charge is 0.370 e. The molecule has 5 heteroatoms. The Kier molecular flexibility index (Phi) is 5.88. The molecule has 2 rings (SSSR count). The van der Waals surface area contributed by atoms with Gasteiger partial charge < -0.3 is 16.8 Å². The molecular weight excluding hydrogens is 290 g/mol. The molecule has 2 aromatic carbocycles. The molecule has 120 valence electrons. The summed E-state index contributed by atoms with van der Waals surface area (Å²) in [5, 5.41) is 2.74. The minimum absolute atomic E-state index is 0.102. The predicted molar refractivity (Wildman–Crippen MR) is 90.7 cm³/mol.